The van der Waals surface area contributed by atoms with E-state index in [1.807, 2.05) is 4.90 Å². The number of halogens is 2. The van der Waals surface area contributed by atoms with E-state index in [0.29, 0.717) is 26.9 Å². The maximum Gasteiger partial charge on any atom is 0.253 e. The molecule has 26 heavy (non-hydrogen) atoms. The third-order valence-electron chi connectivity index (χ3n) is 4.44. The lowest BCUT2D eigenvalue weighted by molar-refractivity contribution is -0.115. The Labute approximate surface area is 163 Å². The number of benzene rings is 2. The zero-order chi connectivity index (χ0) is 18.5. The molecule has 0 aliphatic carbocycles. The summed E-state index contributed by atoms with van der Waals surface area (Å²) in [5.41, 5.74) is 1.76. The summed E-state index contributed by atoms with van der Waals surface area (Å²) in [6, 6.07) is 12.2. The lowest BCUT2D eigenvalue weighted by atomic mass is 10.1. The number of carbonyl (C=O) groups excluding carboxylic acids is 2. The number of nitrogens with one attached hydrogen (secondary N) is 1. The molecule has 1 aliphatic heterocycles. The van der Waals surface area contributed by atoms with Crippen LogP contribution in [0.4, 0.5) is 5.69 Å². The van der Waals surface area contributed by atoms with Gasteiger partial charge in [0.2, 0.25) is 5.91 Å². The Hall–Kier alpha value is -2.04. The first-order valence-corrected chi connectivity index (χ1v) is 9.42. The number of anilines is 1. The minimum Gasteiger partial charge on any atom is -0.339 e. The highest BCUT2D eigenvalue weighted by Gasteiger charge is 2.18. The predicted octanol–water partition coefficient (Wildman–Crippen LogP) is 4.80. The molecule has 0 radical (unpaired) electrons. The summed E-state index contributed by atoms with van der Waals surface area (Å²) in [7, 11) is 0. The van der Waals surface area contributed by atoms with Gasteiger partial charge in [0.1, 0.15) is 0 Å². The summed E-state index contributed by atoms with van der Waals surface area (Å²) in [6.07, 6.45) is 3.33. The molecule has 2 aromatic carbocycles. The second-order valence-corrected chi connectivity index (χ2v) is 7.17. The standard InChI is InChI=1S/C20H20Cl2N2O2/c21-17-8-5-9-18(22)16(17)13-19(25)23-15-7-4-6-14(12-15)20(26)24-10-2-1-3-11-24/h4-9,12H,1-3,10-11,13H2,(H,23,25). The van der Waals surface area contributed by atoms with Crippen LogP contribution < -0.4 is 5.32 Å². The highest BCUT2D eigenvalue weighted by Crippen LogP contribution is 2.25. The van der Waals surface area contributed by atoms with Crippen LogP contribution in [0.3, 0.4) is 0 Å². The van der Waals surface area contributed by atoms with E-state index in [1.165, 1.54) is 6.42 Å². The Morgan fingerprint density at radius 1 is 0.962 bits per heavy atom. The molecule has 1 N–H and O–H groups in total. The van der Waals surface area contributed by atoms with Crippen LogP contribution in [0.5, 0.6) is 0 Å². The molecule has 0 unspecified atom stereocenters. The second-order valence-electron chi connectivity index (χ2n) is 6.36. The zero-order valence-corrected chi connectivity index (χ0v) is 15.8. The van der Waals surface area contributed by atoms with E-state index in [9.17, 15) is 9.59 Å². The topological polar surface area (TPSA) is 49.4 Å². The van der Waals surface area contributed by atoms with Gasteiger partial charge in [0.15, 0.2) is 0 Å². The van der Waals surface area contributed by atoms with Crippen LogP contribution >= 0.6 is 23.2 Å². The summed E-state index contributed by atoms with van der Waals surface area (Å²) < 4.78 is 0. The molecule has 0 saturated carbocycles. The average molecular weight is 391 g/mol. The predicted molar refractivity (Wildman–Crippen MR) is 105 cm³/mol. The second kappa shape index (κ2) is 8.56. The summed E-state index contributed by atoms with van der Waals surface area (Å²) in [5, 5.41) is 3.74. The number of likely N-dealkylation sites (tertiary alicyclic amines) is 1. The third kappa shape index (κ3) is 4.57. The van der Waals surface area contributed by atoms with Crippen molar-refractivity contribution in [1.82, 2.24) is 4.90 Å². The molecule has 1 fully saturated rings. The van der Waals surface area contributed by atoms with Gasteiger partial charge in [-0.05, 0) is 55.2 Å². The van der Waals surface area contributed by atoms with Gasteiger partial charge in [0.25, 0.3) is 5.91 Å². The van der Waals surface area contributed by atoms with Gasteiger partial charge in [0, 0.05) is 34.4 Å². The molecule has 0 spiro atoms. The molecular weight excluding hydrogens is 371 g/mol. The van der Waals surface area contributed by atoms with Gasteiger partial charge in [-0.15, -0.1) is 0 Å². The fraction of sp³-hybridized carbons (Fsp3) is 0.300. The largest absolute Gasteiger partial charge is 0.339 e. The van der Waals surface area contributed by atoms with Gasteiger partial charge >= 0.3 is 0 Å². The molecule has 2 amide bonds. The highest BCUT2D eigenvalue weighted by atomic mass is 35.5. The van der Waals surface area contributed by atoms with Crippen LogP contribution in [-0.2, 0) is 11.2 Å². The Morgan fingerprint density at radius 2 is 1.62 bits per heavy atom. The molecule has 1 saturated heterocycles. The Bertz CT molecular complexity index is 797. The molecule has 4 nitrogen and oxygen atoms in total. The summed E-state index contributed by atoms with van der Waals surface area (Å²) in [6.45, 7) is 1.58. The van der Waals surface area contributed by atoms with Crippen molar-refractivity contribution in [3.05, 3.63) is 63.6 Å². The van der Waals surface area contributed by atoms with Gasteiger partial charge in [-0.25, -0.2) is 0 Å². The number of carbonyl (C=O) groups is 2. The summed E-state index contributed by atoms with van der Waals surface area (Å²) in [4.78, 5) is 26.8. The number of piperidine rings is 1. The van der Waals surface area contributed by atoms with Crippen molar-refractivity contribution in [1.29, 1.82) is 0 Å². The minimum absolute atomic E-state index is 0.00921. The number of nitrogens with zero attached hydrogens (tertiary/aromatic N) is 1. The highest BCUT2D eigenvalue weighted by molar-refractivity contribution is 6.36. The third-order valence-corrected chi connectivity index (χ3v) is 5.14. The smallest absolute Gasteiger partial charge is 0.253 e. The lowest BCUT2D eigenvalue weighted by Crippen LogP contribution is -2.35. The monoisotopic (exact) mass is 390 g/mol. The average Bonchev–Trinajstić information content (AvgIpc) is 2.65. The van der Waals surface area contributed by atoms with Gasteiger partial charge in [0.05, 0.1) is 6.42 Å². The molecule has 136 valence electrons. The molecular formula is C20H20Cl2N2O2. The van der Waals surface area contributed by atoms with Crippen molar-refractivity contribution < 1.29 is 9.59 Å². The molecule has 0 aromatic heterocycles. The molecule has 1 aliphatic rings. The van der Waals surface area contributed by atoms with Gasteiger partial charge in [-0.1, -0.05) is 35.3 Å². The Morgan fingerprint density at radius 3 is 2.31 bits per heavy atom. The fourth-order valence-corrected chi connectivity index (χ4v) is 3.61. The van der Waals surface area contributed by atoms with Crippen LogP contribution in [0, 0.1) is 0 Å². The van der Waals surface area contributed by atoms with E-state index < -0.39 is 0 Å². The van der Waals surface area contributed by atoms with Crippen LogP contribution in [-0.4, -0.2) is 29.8 Å². The molecule has 0 atom stereocenters. The van der Waals surface area contributed by atoms with E-state index in [4.69, 9.17) is 23.2 Å². The normalized spacial score (nSPS) is 14.2. The van der Waals surface area contributed by atoms with Crippen LogP contribution in [0.25, 0.3) is 0 Å². The first-order valence-electron chi connectivity index (χ1n) is 8.66. The SMILES string of the molecule is O=C(Cc1c(Cl)cccc1Cl)Nc1cccc(C(=O)N2CCCCC2)c1. The van der Waals surface area contributed by atoms with Gasteiger partial charge in [-0.2, -0.15) is 0 Å². The van der Waals surface area contributed by atoms with E-state index in [-0.39, 0.29) is 18.2 Å². The van der Waals surface area contributed by atoms with Crippen molar-refractivity contribution in [3.63, 3.8) is 0 Å². The Kier molecular flexibility index (Phi) is 6.17. The number of hydrogen-bond donors (Lipinski definition) is 1. The zero-order valence-electron chi connectivity index (χ0n) is 14.3. The fourth-order valence-electron chi connectivity index (χ4n) is 3.08. The van der Waals surface area contributed by atoms with E-state index in [0.717, 1.165) is 25.9 Å². The van der Waals surface area contributed by atoms with Gasteiger partial charge < -0.3 is 10.2 Å². The minimum atomic E-state index is -0.234. The molecule has 2 aromatic rings. The van der Waals surface area contributed by atoms with Crippen LogP contribution in [0.1, 0.15) is 35.2 Å². The first-order chi connectivity index (χ1) is 12.5. The number of amides is 2. The van der Waals surface area contributed by atoms with Crippen molar-refractivity contribution in [3.8, 4) is 0 Å². The van der Waals surface area contributed by atoms with E-state index >= 15 is 0 Å². The Balaban J connectivity index is 1.68. The summed E-state index contributed by atoms with van der Waals surface area (Å²) in [5.74, 6) is -0.225. The van der Waals surface area contributed by atoms with Crippen molar-refractivity contribution >= 4 is 40.7 Å². The first kappa shape index (κ1) is 18.7. The van der Waals surface area contributed by atoms with E-state index in [2.05, 4.69) is 5.32 Å². The quantitative estimate of drug-likeness (QED) is 0.814. The van der Waals surface area contributed by atoms with Gasteiger partial charge in [-0.3, -0.25) is 9.59 Å². The van der Waals surface area contributed by atoms with Crippen molar-refractivity contribution in [2.45, 2.75) is 25.7 Å². The van der Waals surface area contributed by atoms with Crippen molar-refractivity contribution in [2.24, 2.45) is 0 Å². The maximum atomic E-state index is 12.6. The summed E-state index contributed by atoms with van der Waals surface area (Å²) >= 11 is 12.2. The molecule has 3 rings (SSSR count). The van der Waals surface area contributed by atoms with E-state index in [1.54, 1.807) is 42.5 Å². The molecule has 6 heteroatoms. The molecule has 0 bridgehead atoms. The number of hydrogen-bond acceptors (Lipinski definition) is 2. The lowest BCUT2D eigenvalue weighted by Gasteiger charge is -2.26. The molecule has 1 heterocycles. The van der Waals surface area contributed by atoms with Crippen LogP contribution in [0.15, 0.2) is 42.5 Å². The maximum absolute atomic E-state index is 12.6. The number of rotatable bonds is 4. The van der Waals surface area contributed by atoms with Crippen molar-refractivity contribution in [2.75, 3.05) is 18.4 Å². The van der Waals surface area contributed by atoms with Crippen LogP contribution in [0.2, 0.25) is 10.0 Å².